The van der Waals surface area contributed by atoms with Crippen LogP contribution in [0.4, 0.5) is 11.4 Å². The van der Waals surface area contributed by atoms with E-state index in [0.29, 0.717) is 11.4 Å². The Labute approximate surface area is 151 Å². The van der Waals surface area contributed by atoms with Crippen molar-refractivity contribution in [3.63, 3.8) is 0 Å². The maximum atomic E-state index is 12.2. The van der Waals surface area contributed by atoms with Crippen LogP contribution in [0.15, 0.2) is 18.2 Å². The number of carbonyl (C=O) groups is 4. The van der Waals surface area contributed by atoms with E-state index in [1.54, 1.807) is 0 Å². The highest BCUT2D eigenvalue weighted by atomic mass is 16.5. The molecule has 0 radical (unpaired) electrons. The van der Waals surface area contributed by atoms with Gasteiger partial charge in [-0.25, -0.2) is 4.79 Å². The molecule has 3 N–H and O–H groups in total. The summed E-state index contributed by atoms with van der Waals surface area (Å²) in [5, 5.41) is 7.93. The molecule has 0 unspecified atom stereocenters. The molecule has 0 bridgehead atoms. The quantitative estimate of drug-likeness (QED) is 0.669. The summed E-state index contributed by atoms with van der Waals surface area (Å²) in [7, 11) is 0. The molecule has 2 rings (SSSR count). The number of anilines is 2. The first-order valence-electron chi connectivity index (χ1n) is 8.50. The van der Waals surface area contributed by atoms with Crippen LogP contribution in [0.25, 0.3) is 0 Å². The van der Waals surface area contributed by atoms with Crippen molar-refractivity contribution in [1.82, 2.24) is 5.32 Å². The maximum Gasteiger partial charge on any atom is 0.338 e. The zero-order chi connectivity index (χ0) is 19.1. The standard InChI is InChI=1S/C18H23N3O5/c1-11(22)19-15-7-13(8-16(9-15)20-12(2)23)18(25)26-10-17(24)21-14-5-3-4-6-14/h7-9,14H,3-6,10H2,1-2H3,(H,19,22)(H,20,23)(H,21,24). The number of hydrogen-bond donors (Lipinski definition) is 3. The molecule has 1 aromatic rings. The van der Waals surface area contributed by atoms with Gasteiger partial charge in [0.05, 0.1) is 5.56 Å². The lowest BCUT2D eigenvalue weighted by molar-refractivity contribution is -0.125. The molecular formula is C18H23N3O5. The Morgan fingerprint density at radius 3 is 2.00 bits per heavy atom. The van der Waals surface area contributed by atoms with Crippen molar-refractivity contribution in [2.75, 3.05) is 17.2 Å². The molecule has 140 valence electrons. The Kier molecular flexibility index (Phi) is 6.71. The largest absolute Gasteiger partial charge is 0.452 e. The van der Waals surface area contributed by atoms with Crippen molar-refractivity contribution in [2.24, 2.45) is 0 Å². The summed E-state index contributed by atoms with van der Waals surface area (Å²) in [6.07, 6.45) is 4.07. The number of nitrogens with one attached hydrogen (secondary N) is 3. The number of amides is 3. The fraction of sp³-hybridized carbons (Fsp3) is 0.444. The van der Waals surface area contributed by atoms with Gasteiger partial charge in [-0.3, -0.25) is 14.4 Å². The second kappa shape index (κ2) is 8.98. The predicted molar refractivity (Wildman–Crippen MR) is 95.7 cm³/mol. The molecule has 26 heavy (non-hydrogen) atoms. The molecular weight excluding hydrogens is 338 g/mol. The normalized spacial score (nSPS) is 13.8. The van der Waals surface area contributed by atoms with E-state index < -0.39 is 5.97 Å². The lowest BCUT2D eigenvalue weighted by Crippen LogP contribution is -2.35. The molecule has 1 aromatic carbocycles. The maximum absolute atomic E-state index is 12.2. The van der Waals surface area contributed by atoms with Gasteiger partial charge in [0.2, 0.25) is 11.8 Å². The van der Waals surface area contributed by atoms with Crippen molar-refractivity contribution >= 4 is 35.1 Å². The molecule has 0 spiro atoms. The Balaban J connectivity index is 2.02. The summed E-state index contributed by atoms with van der Waals surface area (Å²) in [5.41, 5.74) is 0.797. The van der Waals surface area contributed by atoms with E-state index in [0.717, 1.165) is 25.7 Å². The van der Waals surface area contributed by atoms with E-state index in [1.165, 1.54) is 32.0 Å². The number of ether oxygens (including phenoxy) is 1. The van der Waals surface area contributed by atoms with Crippen LogP contribution in [0.5, 0.6) is 0 Å². The van der Waals surface area contributed by atoms with Crippen LogP contribution < -0.4 is 16.0 Å². The van der Waals surface area contributed by atoms with Gasteiger partial charge >= 0.3 is 5.97 Å². The molecule has 1 aliphatic rings. The van der Waals surface area contributed by atoms with E-state index in [9.17, 15) is 19.2 Å². The number of hydrogen-bond acceptors (Lipinski definition) is 5. The van der Waals surface area contributed by atoms with Crippen LogP contribution in [0, 0.1) is 0 Å². The average molecular weight is 361 g/mol. The number of carbonyl (C=O) groups excluding carboxylic acids is 4. The van der Waals surface area contributed by atoms with Crippen LogP contribution in [0.1, 0.15) is 49.9 Å². The second-order valence-electron chi connectivity index (χ2n) is 6.29. The summed E-state index contributed by atoms with van der Waals surface area (Å²) in [6.45, 7) is 2.28. The van der Waals surface area contributed by atoms with Gasteiger partial charge in [-0.2, -0.15) is 0 Å². The average Bonchev–Trinajstić information content (AvgIpc) is 3.04. The van der Waals surface area contributed by atoms with E-state index in [2.05, 4.69) is 16.0 Å². The van der Waals surface area contributed by atoms with Crippen LogP contribution in [-0.2, 0) is 19.1 Å². The first-order valence-corrected chi connectivity index (χ1v) is 8.50. The predicted octanol–water partition coefficient (Wildman–Crippen LogP) is 1.82. The number of esters is 1. The fourth-order valence-corrected chi connectivity index (χ4v) is 2.85. The zero-order valence-electron chi connectivity index (χ0n) is 14.9. The Bertz CT molecular complexity index is 677. The Morgan fingerprint density at radius 2 is 1.50 bits per heavy atom. The van der Waals surface area contributed by atoms with Gasteiger partial charge in [-0.15, -0.1) is 0 Å². The summed E-state index contributed by atoms with van der Waals surface area (Å²) < 4.78 is 5.04. The van der Waals surface area contributed by atoms with Crippen molar-refractivity contribution in [3.8, 4) is 0 Å². The van der Waals surface area contributed by atoms with Gasteiger partial charge < -0.3 is 20.7 Å². The first kappa shape index (κ1) is 19.4. The zero-order valence-corrected chi connectivity index (χ0v) is 14.9. The third-order valence-corrected chi connectivity index (χ3v) is 3.86. The molecule has 0 aromatic heterocycles. The van der Waals surface area contributed by atoms with Gasteiger partial charge in [0, 0.05) is 31.3 Å². The summed E-state index contributed by atoms with van der Waals surface area (Å²) in [6, 6.07) is 4.51. The van der Waals surface area contributed by atoms with Gasteiger partial charge in [-0.05, 0) is 31.0 Å². The minimum atomic E-state index is -0.717. The van der Waals surface area contributed by atoms with Crippen molar-refractivity contribution in [3.05, 3.63) is 23.8 Å². The minimum Gasteiger partial charge on any atom is -0.452 e. The molecule has 0 saturated heterocycles. The molecule has 8 heteroatoms. The fourth-order valence-electron chi connectivity index (χ4n) is 2.85. The summed E-state index contributed by atoms with van der Waals surface area (Å²) in [5.74, 6) is -1.70. The summed E-state index contributed by atoms with van der Waals surface area (Å²) in [4.78, 5) is 46.6. The van der Waals surface area contributed by atoms with Crippen molar-refractivity contribution in [2.45, 2.75) is 45.6 Å². The third-order valence-electron chi connectivity index (χ3n) is 3.86. The van der Waals surface area contributed by atoms with Crippen LogP contribution in [0.2, 0.25) is 0 Å². The van der Waals surface area contributed by atoms with E-state index in [4.69, 9.17) is 4.74 Å². The SMILES string of the molecule is CC(=O)Nc1cc(NC(C)=O)cc(C(=O)OCC(=O)NC2CCCC2)c1. The topological polar surface area (TPSA) is 114 Å². The van der Waals surface area contributed by atoms with E-state index in [1.807, 2.05) is 0 Å². The molecule has 0 heterocycles. The van der Waals surface area contributed by atoms with E-state index >= 15 is 0 Å². The molecule has 0 aliphatic heterocycles. The second-order valence-corrected chi connectivity index (χ2v) is 6.29. The minimum absolute atomic E-state index is 0.119. The smallest absolute Gasteiger partial charge is 0.338 e. The monoisotopic (exact) mass is 361 g/mol. The third kappa shape index (κ3) is 6.19. The van der Waals surface area contributed by atoms with Crippen LogP contribution >= 0.6 is 0 Å². The highest BCUT2D eigenvalue weighted by Gasteiger charge is 2.18. The number of benzene rings is 1. The van der Waals surface area contributed by atoms with Gasteiger partial charge in [0.15, 0.2) is 6.61 Å². The molecule has 1 fully saturated rings. The van der Waals surface area contributed by atoms with Crippen molar-refractivity contribution < 1.29 is 23.9 Å². The molecule has 3 amide bonds. The van der Waals surface area contributed by atoms with Gasteiger partial charge in [0.1, 0.15) is 0 Å². The Morgan fingerprint density at radius 1 is 0.962 bits per heavy atom. The Hall–Kier alpha value is -2.90. The summed E-state index contributed by atoms with van der Waals surface area (Å²) >= 11 is 0. The highest BCUT2D eigenvalue weighted by Crippen LogP contribution is 2.20. The van der Waals surface area contributed by atoms with Crippen LogP contribution in [0.3, 0.4) is 0 Å². The lowest BCUT2D eigenvalue weighted by atomic mass is 10.1. The van der Waals surface area contributed by atoms with Crippen molar-refractivity contribution in [1.29, 1.82) is 0 Å². The number of rotatable bonds is 6. The molecule has 0 atom stereocenters. The lowest BCUT2D eigenvalue weighted by Gasteiger charge is -2.13. The van der Waals surface area contributed by atoms with E-state index in [-0.39, 0.29) is 35.9 Å². The van der Waals surface area contributed by atoms with Gasteiger partial charge in [0.25, 0.3) is 5.91 Å². The molecule has 1 aliphatic carbocycles. The molecule has 1 saturated carbocycles. The first-order chi connectivity index (χ1) is 12.3. The molecule has 8 nitrogen and oxygen atoms in total. The highest BCUT2D eigenvalue weighted by molar-refractivity contribution is 5.98. The van der Waals surface area contributed by atoms with Crippen LogP contribution in [-0.4, -0.2) is 36.3 Å². The van der Waals surface area contributed by atoms with Gasteiger partial charge in [-0.1, -0.05) is 12.8 Å².